The third-order valence-electron chi connectivity index (χ3n) is 8.33. The molecule has 0 bridgehead atoms. The Kier molecular flexibility index (Phi) is 6.96. The molecular formula is C42H31. The average molecular weight is 536 g/mol. The first-order valence-electron chi connectivity index (χ1n) is 14.5. The molecule has 0 atom stereocenters. The molecule has 0 spiro atoms. The van der Waals surface area contributed by atoms with Crippen LogP contribution in [0.4, 0.5) is 0 Å². The minimum absolute atomic E-state index is 0.571. The van der Waals surface area contributed by atoms with E-state index in [9.17, 15) is 0 Å². The molecule has 1 radical (unpaired) electrons. The molecule has 0 nitrogen and oxygen atoms in total. The van der Waals surface area contributed by atoms with Crippen molar-refractivity contribution < 1.29 is 0 Å². The first-order chi connectivity index (χ1) is 20.9. The van der Waals surface area contributed by atoms with Gasteiger partial charge in [-0.15, -0.1) is 0 Å². The minimum Gasteiger partial charge on any atom is -0.0622 e. The first-order valence-corrected chi connectivity index (χ1v) is 14.5. The highest BCUT2D eigenvalue weighted by Gasteiger charge is 2.41. The van der Waals surface area contributed by atoms with Crippen LogP contribution in [0.3, 0.4) is 0 Å². The maximum Gasteiger partial charge on any atom is 0.0704 e. The molecular weight excluding hydrogens is 504 g/mol. The van der Waals surface area contributed by atoms with Crippen LogP contribution in [0.25, 0.3) is 10.8 Å². The number of benzene rings is 7. The Bertz CT molecular complexity index is 1760. The van der Waals surface area contributed by atoms with Gasteiger partial charge in [0.1, 0.15) is 0 Å². The predicted octanol–water partition coefficient (Wildman–Crippen LogP) is 10.2. The van der Waals surface area contributed by atoms with Gasteiger partial charge >= 0.3 is 0 Å². The molecule has 0 N–H and O–H groups in total. The summed E-state index contributed by atoms with van der Waals surface area (Å²) in [5, 5.41) is 2.47. The lowest BCUT2D eigenvalue weighted by atomic mass is 9.62. The van der Waals surface area contributed by atoms with E-state index in [2.05, 4.69) is 188 Å². The van der Waals surface area contributed by atoms with Gasteiger partial charge in [0.25, 0.3) is 0 Å². The molecule has 0 heterocycles. The van der Waals surface area contributed by atoms with E-state index in [1.165, 1.54) is 55.6 Å². The van der Waals surface area contributed by atoms with E-state index in [1.54, 1.807) is 0 Å². The second kappa shape index (κ2) is 11.4. The normalized spacial score (nSPS) is 11.5. The van der Waals surface area contributed by atoms with Crippen LogP contribution < -0.4 is 0 Å². The van der Waals surface area contributed by atoms with Crippen LogP contribution >= 0.6 is 0 Å². The zero-order valence-corrected chi connectivity index (χ0v) is 23.4. The lowest BCUT2D eigenvalue weighted by molar-refractivity contribution is 0.739. The Morgan fingerprint density at radius 2 is 0.714 bits per heavy atom. The number of hydrogen-bond acceptors (Lipinski definition) is 0. The highest BCUT2D eigenvalue weighted by molar-refractivity contribution is 5.92. The van der Waals surface area contributed by atoms with E-state index in [1.807, 2.05) is 0 Å². The number of hydrogen-bond donors (Lipinski definition) is 0. The van der Waals surface area contributed by atoms with Crippen molar-refractivity contribution in [3.8, 4) is 0 Å². The largest absolute Gasteiger partial charge is 0.0704 e. The Morgan fingerprint density at radius 3 is 1.17 bits per heavy atom. The third kappa shape index (κ3) is 4.42. The molecule has 42 heavy (non-hydrogen) atoms. The molecule has 7 rings (SSSR count). The molecule has 0 amide bonds. The summed E-state index contributed by atoms with van der Waals surface area (Å²) >= 11 is 0. The topological polar surface area (TPSA) is 0 Å². The van der Waals surface area contributed by atoms with E-state index in [0.717, 1.165) is 0 Å². The molecule has 0 aliphatic rings. The minimum atomic E-state index is -0.571. The van der Waals surface area contributed by atoms with Crippen LogP contribution in [0.5, 0.6) is 0 Å². The zero-order chi connectivity index (χ0) is 28.2. The molecule has 0 fully saturated rings. The molecule has 0 heteroatoms. The molecule has 0 aliphatic carbocycles. The fraction of sp³-hybridized carbons (Fsp3) is 0.0238. The van der Waals surface area contributed by atoms with Crippen LogP contribution in [0, 0.1) is 5.92 Å². The summed E-state index contributed by atoms with van der Waals surface area (Å²) in [7, 11) is 0. The predicted molar refractivity (Wildman–Crippen MR) is 176 cm³/mol. The Labute approximate surface area is 248 Å². The van der Waals surface area contributed by atoms with E-state index in [0.29, 0.717) is 0 Å². The fourth-order valence-electron chi connectivity index (χ4n) is 6.55. The van der Waals surface area contributed by atoms with Crippen molar-refractivity contribution in [1.82, 2.24) is 0 Å². The monoisotopic (exact) mass is 535 g/mol. The van der Waals surface area contributed by atoms with Crippen molar-refractivity contribution in [2.24, 2.45) is 0 Å². The summed E-state index contributed by atoms with van der Waals surface area (Å²) in [5.74, 6) is 1.23. The van der Waals surface area contributed by atoms with Gasteiger partial charge in [-0.2, -0.15) is 0 Å². The zero-order valence-electron chi connectivity index (χ0n) is 23.4. The van der Waals surface area contributed by atoms with Gasteiger partial charge in [-0.1, -0.05) is 188 Å². The second-order valence-corrected chi connectivity index (χ2v) is 10.7. The maximum atomic E-state index is 2.37. The van der Waals surface area contributed by atoms with Crippen LogP contribution in [0.15, 0.2) is 188 Å². The smallest absolute Gasteiger partial charge is 0.0622 e. The van der Waals surface area contributed by atoms with E-state index < -0.39 is 5.41 Å². The average Bonchev–Trinajstić information content (AvgIpc) is 3.08. The third-order valence-corrected chi connectivity index (χ3v) is 8.33. The van der Waals surface area contributed by atoms with E-state index >= 15 is 0 Å². The summed E-state index contributed by atoms with van der Waals surface area (Å²) in [4.78, 5) is 0. The van der Waals surface area contributed by atoms with Crippen molar-refractivity contribution in [2.75, 3.05) is 0 Å². The van der Waals surface area contributed by atoms with Crippen molar-refractivity contribution in [1.29, 1.82) is 0 Å². The van der Waals surface area contributed by atoms with Crippen LogP contribution in [-0.2, 0) is 5.41 Å². The highest BCUT2D eigenvalue weighted by Crippen LogP contribution is 2.50. The van der Waals surface area contributed by atoms with Crippen molar-refractivity contribution in [3.05, 3.63) is 233 Å². The molecule has 0 saturated carbocycles. The van der Waals surface area contributed by atoms with E-state index in [-0.39, 0.29) is 0 Å². The van der Waals surface area contributed by atoms with Gasteiger partial charge < -0.3 is 0 Å². The van der Waals surface area contributed by atoms with Gasteiger partial charge in [0.05, 0.1) is 11.3 Å². The molecule has 7 aromatic carbocycles. The van der Waals surface area contributed by atoms with Crippen LogP contribution in [0.1, 0.15) is 38.9 Å². The molecule has 7 aromatic rings. The fourth-order valence-corrected chi connectivity index (χ4v) is 6.55. The van der Waals surface area contributed by atoms with Crippen molar-refractivity contribution in [3.63, 3.8) is 0 Å². The van der Waals surface area contributed by atoms with Gasteiger partial charge in [-0.05, 0) is 49.7 Å². The van der Waals surface area contributed by atoms with Crippen molar-refractivity contribution in [2.45, 2.75) is 5.41 Å². The molecule has 0 unspecified atom stereocenters. The summed E-state index contributed by atoms with van der Waals surface area (Å²) in [6.07, 6.45) is 0. The first kappa shape index (κ1) is 25.7. The van der Waals surface area contributed by atoms with Gasteiger partial charge in [0.2, 0.25) is 0 Å². The molecule has 0 saturated heterocycles. The Hall–Kier alpha value is -5.20. The summed E-state index contributed by atoms with van der Waals surface area (Å²) in [6, 6.07) is 68.2. The quantitative estimate of drug-likeness (QED) is 0.178. The van der Waals surface area contributed by atoms with Gasteiger partial charge in [-0.3, -0.25) is 0 Å². The van der Waals surface area contributed by atoms with E-state index in [4.69, 9.17) is 0 Å². The SMILES string of the molecule is c1ccc([C](c2ccccc2)c2c(C(c3ccccc3)(c3ccccc3)c3ccccc3)ccc3ccccc23)cc1. The second-order valence-electron chi connectivity index (χ2n) is 10.7. The van der Waals surface area contributed by atoms with Gasteiger partial charge in [0, 0.05) is 0 Å². The van der Waals surface area contributed by atoms with Crippen LogP contribution in [0.2, 0.25) is 0 Å². The van der Waals surface area contributed by atoms with Crippen molar-refractivity contribution >= 4 is 10.8 Å². The molecule has 199 valence electrons. The molecule has 0 aromatic heterocycles. The lowest BCUT2D eigenvalue weighted by Crippen LogP contribution is -2.33. The number of fused-ring (bicyclic) bond motifs is 1. The standard InChI is InChI=1S/C42H31/c1-6-19-33(20-7-1)40(34-21-8-2-9-22-34)41-38-29-17-16-18-32(38)30-31-39(41)42(35-23-10-3-11-24-35,36-25-12-4-13-26-36)37-27-14-5-15-28-37/h1-31H. The number of rotatable bonds is 7. The van der Waals surface area contributed by atoms with Gasteiger partial charge in [0.15, 0.2) is 0 Å². The Morgan fingerprint density at radius 1 is 0.333 bits per heavy atom. The molecule has 0 aliphatic heterocycles. The summed E-state index contributed by atoms with van der Waals surface area (Å²) < 4.78 is 0. The Balaban J connectivity index is 1.69. The summed E-state index contributed by atoms with van der Waals surface area (Å²) in [5.41, 5.74) is 8.04. The highest BCUT2D eigenvalue weighted by atomic mass is 14.4. The lowest BCUT2D eigenvalue weighted by Gasteiger charge is -2.40. The van der Waals surface area contributed by atoms with Crippen LogP contribution in [-0.4, -0.2) is 0 Å². The summed E-state index contributed by atoms with van der Waals surface area (Å²) in [6.45, 7) is 0. The van der Waals surface area contributed by atoms with Gasteiger partial charge in [-0.25, -0.2) is 0 Å². The maximum absolute atomic E-state index is 2.37.